The highest BCUT2D eigenvalue weighted by Crippen LogP contribution is 2.63. The van der Waals surface area contributed by atoms with E-state index in [1.54, 1.807) is 59.3 Å². The first-order chi connectivity index (χ1) is 35.9. The van der Waals surface area contributed by atoms with Gasteiger partial charge in [0.2, 0.25) is 5.91 Å². The number of hydrogen-bond acceptors (Lipinski definition) is 14. The Labute approximate surface area is 443 Å². The van der Waals surface area contributed by atoms with E-state index in [0.717, 1.165) is 18.1 Å². The van der Waals surface area contributed by atoms with Gasteiger partial charge in [-0.25, -0.2) is 14.4 Å². The van der Waals surface area contributed by atoms with Crippen LogP contribution in [0.4, 0.5) is 11.4 Å². The lowest BCUT2D eigenvalue weighted by molar-refractivity contribution is -0.172. The van der Waals surface area contributed by atoms with E-state index < -0.39 is 52.7 Å². The van der Waals surface area contributed by atoms with E-state index in [0.29, 0.717) is 39.5 Å². The van der Waals surface area contributed by atoms with Crippen LogP contribution < -0.4 is 31.2 Å². The van der Waals surface area contributed by atoms with Gasteiger partial charge < -0.3 is 46.2 Å². The van der Waals surface area contributed by atoms with Gasteiger partial charge in [-0.3, -0.25) is 19.2 Å². The fourth-order valence-corrected chi connectivity index (χ4v) is 9.18. The zero-order valence-electron chi connectivity index (χ0n) is 42.5. The normalized spacial score (nSPS) is 16.8. The Morgan fingerprint density at radius 1 is 0.640 bits per heavy atom. The Morgan fingerprint density at radius 2 is 1.11 bits per heavy atom. The van der Waals surface area contributed by atoms with Crippen LogP contribution in [0.5, 0.6) is 11.5 Å². The van der Waals surface area contributed by atoms with Crippen LogP contribution >= 0.6 is 22.7 Å². The van der Waals surface area contributed by atoms with Crippen molar-refractivity contribution in [3.8, 4) is 11.5 Å². The van der Waals surface area contributed by atoms with Crippen LogP contribution in [-0.2, 0) is 19.2 Å². The van der Waals surface area contributed by atoms with Crippen LogP contribution in [0.25, 0.3) is 0 Å². The number of carboxylic acids is 2. The molecule has 1 fully saturated rings. The second-order valence-electron chi connectivity index (χ2n) is 16.9. The van der Waals surface area contributed by atoms with Crippen molar-refractivity contribution in [1.82, 2.24) is 10.6 Å². The molecule has 0 saturated heterocycles. The van der Waals surface area contributed by atoms with Crippen molar-refractivity contribution in [2.75, 3.05) is 18.1 Å². The van der Waals surface area contributed by atoms with Crippen LogP contribution in [-0.4, -0.2) is 76.6 Å². The standard InChI is InChI=1S/C36H29N3O9S2.C13H15NO2.C6H10O.C2H6/c1-38-35(33(43)44)28(20-8-14-24(15-9-20)47-31(41)26-4-2-18-49-26)36(34(45)46,39-30(40)22-6-12-23(37)13-7-22)29(35)21-10-16-25(17-11-21)48-32(42)27-5-3-19-50-27;1-10(2)3-8-13(16)14-12-6-4-11(9-15)5-7-12;1-6(2)4-3-5-7;1-2/h2-19,28-29,38H,37H2,1H3,(H,39,40)(H,43,44)(H,45,46);3-7,9H,8H2,1-2H3,(H,14,16);4-5H,3H2,1-2H3;1-2H3. The molecular formula is C57H60N4O12S2. The van der Waals surface area contributed by atoms with E-state index >= 15 is 0 Å². The molecule has 2 unspecified atom stereocenters. The Morgan fingerprint density at radius 3 is 1.47 bits per heavy atom. The summed E-state index contributed by atoms with van der Waals surface area (Å²) >= 11 is 2.40. The molecule has 7 rings (SSSR count). The fraction of sp³-hybridized carbons (Fsp3) is 0.228. The number of amides is 2. The maximum absolute atomic E-state index is 13.8. The molecule has 1 aliphatic rings. The molecule has 4 aromatic carbocycles. The number of carbonyl (C=O) groups is 8. The number of nitrogens with one attached hydrogen (secondary N) is 3. The zero-order valence-corrected chi connectivity index (χ0v) is 44.1. The number of anilines is 2. The van der Waals surface area contributed by atoms with Gasteiger partial charge in [0.15, 0.2) is 5.54 Å². The molecule has 2 heterocycles. The molecule has 6 aromatic rings. The van der Waals surface area contributed by atoms with Crippen molar-refractivity contribution in [3.05, 3.63) is 187 Å². The average molecular weight is 1060 g/mol. The fourth-order valence-electron chi connectivity index (χ4n) is 7.99. The highest BCUT2D eigenvalue weighted by molar-refractivity contribution is 7.12. The minimum atomic E-state index is -2.25. The SMILES string of the molecule is CC.CC(C)=CCC(=O)Nc1ccc(C=O)cc1.CC(C)=CCC=O.CNC1(C(=O)O)C(c2ccc(OC(=O)c3cccs3)cc2)C(NC(=O)c2ccc(N)cc2)(C(=O)O)C1c1ccc(OC(=O)c2cccs2)cc1. The predicted molar refractivity (Wildman–Crippen MR) is 291 cm³/mol. The van der Waals surface area contributed by atoms with Crippen LogP contribution in [0.1, 0.15) is 117 Å². The van der Waals surface area contributed by atoms with E-state index in [2.05, 4.69) is 16.0 Å². The summed E-state index contributed by atoms with van der Waals surface area (Å²) in [5, 5.41) is 33.7. The number of thiophene rings is 2. The molecule has 1 aliphatic carbocycles. The van der Waals surface area contributed by atoms with Crippen molar-refractivity contribution < 1.29 is 58.0 Å². The number of allylic oxidation sites excluding steroid dienone is 3. The summed E-state index contributed by atoms with van der Waals surface area (Å²) in [4.78, 5) is 98.1. The molecule has 0 bridgehead atoms. The largest absolute Gasteiger partial charge is 0.480 e. The van der Waals surface area contributed by atoms with Crippen molar-refractivity contribution in [2.24, 2.45) is 0 Å². The summed E-state index contributed by atoms with van der Waals surface area (Å²) in [7, 11) is 1.40. The molecule has 2 aromatic heterocycles. The maximum Gasteiger partial charge on any atom is 0.353 e. The second kappa shape index (κ2) is 28.2. The second-order valence-corrected chi connectivity index (χ2v) is 18.8. The Balaban J connectivity index is 0.000000401. The Bertz CT molecular complexity index is 2840. The summed E-state index contributed by atoms with van der Waals surface area (Å²) in [5.41, 5.74) is 6.14. The molecule has 392 valence electrons. The summed E-state index contributed by atoms with van der Waals surface area (Å²) in [5.74, 6) is -7.41. The van der Waals surface area contributed by atoms with E-state index in [4.69, 9.17) is 15.2 Å². The number of aliphatic carboxylic acids is 2. The molecule has 2 amide bonds. The number of likely N-dealkylation sites (N-methyl/N-ethyl adjacent to an activating group) is 1. The number of aldehydes is 2. The van der Waals surface area contributed by atoms with E-state index in [-0.39, 0.29) is 34.1 Å². The van der Waals surface area contributed by atoms with E-state index in [9.17, 15) is 48.6 Å². The average Bonchev–Trinajstić information content (AvgIpc) is 4.16. The van der Waals surface area contributed by atoms with Crippen LogP contribution in [0, 0.1) is 0 Å². The third-order valence-corrected chi connectivity index (χ3v) is 13.1. The number of esters is 2. The van der Waals surface area contributed by atoms with E-state index in [1.807, 2.05) is 53.7 Å². The van der Waals surface area contributed by atoms with Crippen LogP contribution in [0.3, 0.4) is 0 Å². The third-order valence-electron chi connectivity index (χ3n) is 11.4. The molecule has 0 radical (unpaired) electrons. The van der Waals surface area contributed by atoms with Crippen molar-refractivity contribution in [3.63, 3.8) is 0 Å². The first-order valence-electron chi connectivity index (χ1n) is 23.5. The minimum absolute atomic E-state index is 0.0555. The molecule has 0 aliphatic heterocycles. The molecule has 7 N–H and O–H groups in total. The van der Waals surface area contributed by atoms with Gasteiger partial charge in [0.05, 0.1) is 0 Å². The van der Waals surface area contributed by atoms with Gasteiger partial charge in [-0.2, -0.15) is 0 Å². The molecule has 0 spiro atoms. The highest BCUT2D eigenvalue weighted by atomic mass is 32.1. The molecule has 1 saturated carbocycles. The monoisotopic (exact) mass is 1060 g/mol. The number of rotatable bonds is 17. The lowest BCUT2D eigenvalue weighted by atomic mass is 9.43. The van der Waals surface area contributed by atoms with Gasteiger partial charge >= 0.3 is 23.9 Å². The molecule has 75 heavy (non-hydrogen) atoms. The number of carboxylic acid groups (broad SMARTS) is 2. The number of nitrogen functional groups attached to an aromatic ring is 1. The number of hydrogen-bond donors (Lipinski definition) is 6. The van der Waals surface area contributed by atoms with Crippen molar-refractivity contribution >= 4 is 82.3 Å². The molecular weight excluding hydrogens is 997 g/mol. The number of ether oxygens (including phenoxy) is 2. The summed E-state index contributed by atoms with van der Waals surface area (Å²) < 4.78 is 10.9. The Kier molecular flexibility index (Phi) is 22.3. The summed E-state index contributed by atoms with van der Waals surface area (Å²) in [6.45, 7) is 11.9. The smallest absolute Gasteiger partial charge is 0.353 e. The van der Waals surface area contributed by atoms with Gasteiger partial charge in [-0.1, -0.05) is 73.5 Å². The van der Waals surface area contributed by atoms with Gasteiger partial charge in [-0.15, -0.1) is 22.7 Å². The van der Waals surface area contributed by atoms with Gasteiger partial charge in [0, 0.05) is 47.2 Å². The molecule has 2 atom stereocenters. The number of carbonyl (C=O) groups excluding carboxylic acids is 6. The topological polar surface area (TPSA) is 258 Å². The third kappa shape index (κ3) is 15.1. The van der Waals surface area contributed by atoms with Gasteiger partial charge in [-0.05, 0) is 142 Å². The van der Waals surface area contributed by atoms with E-state index in [1.165, 1.54) is 108 Å². The number of nitrogens with two attached hydrogens (primary N) is 1. The highest BCUT2D eigenvalue weighted by Gasteiger charge is 2.79. The molecule has 18 heteroatoms. The van der Waals surface area contributed by atoms with Gasteiger partial charge in [0.1, 0.15) is 39.4 Å². The van der Waals surface area contributed by atoms with Crippen molar-refractivity contribution in [1.29, 1.82) is 0 Å². The molecule has 16 nitrogen and oxygen atoms in total. The number of benzene rings is 4. The predicted octanol–water partition coefficient (Wildman–Crippen LogP) is 10.4. The lowest BCUT2D eigenvalue weighted by Crippen LogP contribution is -2.85. The summed E-state index contributed by atoms with van der Waals surface area (Å²) in [6.07, 6.45) is 6.37. The lowest BCUT2D eigenvalue weighted by Gasteiger charge is -2.64. The first kappa shape index (κ1) is 59.2. The van der Waals surface area contributed by atoms with Crippen molar-refractivity contribution in [2.45, 2.75) is 77.3 Å². The minimum Gasteiger partial charge on any atom is -0.480 e. The first-order valence-corrected chi connectivity index (χ1v) is 25.3. The van der Waals surface area contributed by atoms with Crippen LogP contribution in [0.2, 0.25) is 0 Å². The Hall–Kier alpha value is -8.32. The summed E-state index contributed by atoms with van der Waals surface area (Å²) in [6, 6.07) is 30.8. The van der Waals surface area contributed by atoms with Crippen LogP contribution in [0.15, 0.2) is 155 Å². The quantitative estimate of drug-likeness (QED) is 0.0163. The zero-order chi connectivity index (χ0) is 55.3. The maximum atomic E-state index is 13.8. The van der Waals surface area contributed by atoms with Gasteiger partial charge in [0.25, 0.3) is 5.91 Å².